The summed E-state index contributed by atoms with van der Waals surface area (Å²) in [5, 5.41) is 0. The molecule has 0 unspecified atom stereocenters. The van der Waals surface area contributed by atoms with E-state index in [1.807, 2.05) is 25.1 Å². The third kappa shape index (κ3) is 2.12. The van der Waals surface area contributed by atoms with Crippen LogP contribution in [0.4, 0.5) is 5.69 Å². The van der Waals surface area contributed by atoms with E-state index in [-0.39, 0.29) is 0 Å². The first-order valence-electron chi connectivity index (χ1n) is 6.07. The van der Waals surface area contributed by atoms with Gasteiger partial charge in [0.15, 0.2) is 0 Å². The summed E-state index contributed by atoms with van der Waals surface area (Å²) < 4.78 is 1.00. The number of hydrogen-bond donors (Lipinski definition) is 2. The maximum Gasteiger partial charge on any atom is 0.138 e. The van der Waals surface area contributed by atoms with Crippen molar-refractivity contribution in [1.29, 1.82) is 0 Å². The number of nitrogens with one attached hydrogen (secondary N) is 1. The van der Waals surface area contributed by atoms with Crippen LogP contribution in [0, 0.1) is 13.8 Å². The molecule has 0 atom stereocenters. The summed E-state index contributed by atoms with van der Waals surface area (Å²) in [5.74, 6) is 0.841. The summed E-state index contributed by atoms with van der Waals surface area (Å²) in [6.45, 7) is 4.06. The van der Waals surface area contributed by atoms with E-state index in [0.29, 0.717) is 0 Å². The van der Waals surface area contributed by atoms with Crippen molar-refractivity contribution in [3.63, 3.8) is 0 Å². The molecule has 0 aliphatic heterocycles. The number of hydrogen-bond acceptors (Lipinski definition) is 2. The molecule has 0 bridgehead atoms. The number of imidazole rings is 1. The van der Waals surface area contributed by atoms with Crippen LogP contribution in [0.3, 0.4) is 0 Å². The zero-order valence-electron chi connectivity index (χ0n) is 10.8. The van der Waals surface area contributed by atoms with E-state index in [9.17, 15) is 0 Å². The van der Waals surface area contributed by atoms with Crippen LogP contribution in [0.25, 0.3) is 22.4 Å². The molecular formula is C15H14BrN3. The molecule has 0 aliphatic rings. The number of aryl methyl sites for hydroxylation is 2. The summed E-state index contributed by atoms with van der Waals surface area (Å²) in [6.07, 6.45) is 0. The number of rotatable bonds is 1. The molecule has 4 heteroatoms. The lowest BCUT2D eigenvalue weighted by molar-refractivity contribution is 1.33. The fourth-order valence-corrected chi connectivity index (χ4v) is 2.80. The van der Waals surface area contributed by atoms with E-state index in [0.717, 1.165) is 38.1 Å². The monoisotopic (exact) mass is 315 g/mol. The molecule has 3 aromatic rings. The van der Waals surface area contributed by atoms with E-state index in [1.54, 1.807) is 0 Å². The topological polar surface area (TPSA) is 54.7 Å². The number of nitrogens with two attached hydrogens (primary N) is 1. The molecule has 2 aromatic carbocycles. The minimum atomic E-state index is 0.785. The Morgan fingerprint density at radius 3 is 2.68 bits per heavy atom. The normalized spacial score (nSPS) is 11.1. The molecule has 0 amide bonds. The Morgan fingerprint density at radius 2 is 1.95 bits per heavy atom. The van der Waals surface area contributed by atoms with Crippen molar-refractivity contribution < 1.29 is 0 Å². The van der Waals surface area contributed by atoms with Gasteiger partial charge in [0.1, 0.15) is 11.3 Å². The van der Waals surface area contributed by atoms with Crippen molar-refractivity contribution in [2.45, 2.75) is 13.8 Å². The molecule has 0 saturated carbocycles. The number of aromatic nitrogens is 2. The fraction of sp³-hybridized carbons (Fsp3) is 0.133. The van der Waals surface area contributed by atoms with Crippen LogP contribution in [-0.4, -0.2) is 9.97 Å². The molecule has 0 radical (unpaired) electrons. The van der Waals surface area contributed by atoms with E-state index in [4.69, 9.17) is 5.73 Å². The van der Waals surface area contributed by atoms with Crippen LogP contribution in [0.2, 0.25) is 0 Å². The maximum absolute atomic E-state index is 5.96. The van der Waals surface area contributed by atoms with Gasteiger partial charge in [0.05, 0.1) is 5.52 Å². The Balaban J connectivity index is 2.20. The average Bonchev–Trinajstić information content (AvgIpc) is 2.76. The first-order chi connectivity index (χ1) is 9.04. The van der Waals surface area contributed by atoms with Crippen LogP contribution < -0.4 is 5.73 Å². The first kappa shape index (κ1) is 12.2. The van der Waals surface area contributed by atoms with Gasteiger partial charge in [0.25, 0.3) is 0 Å². The SMILES string of the molecule is Cc1cc(Br)c2nc(-c3ccc(C)c(N)c3)[nH]c2c1. The third-order valence-corrected chi connectivity index (χ3v) is 3.84. The molecule has 3 rings (SSSR count). The summed E-state index contributed by atoms with van der Waals surface area (Å²) >= 11 is 3.55. The lowest BCUT2D eigenvalue weighted by atomic mass is 10.1. The third-order valence-electron chi connectivity index (χ3n) is 3.24. The van der Waals surface area contributed by atoms with E-state index < -0.39 is 0 Å². The minimum Gasteiger partial charge on any atom is -0.398 e. The Kier molecular flexibility index (Phi) is 2.82. The number of nitrogen functional groups attached to an aromatic ring is 1. The lowest BCUT2D eigenvalue weighted by Crippen LogP contribution is -1.90. The molecule has 1 aromatic heterocycles. The number of anilines is 1. The number of fused-ring (bicyclic) bond motifs is 1. The van der Waals surface area contributed by atoms with E-state index >= 15 is 0 Å². The second-order valence-corrected chi connectivity index (χ2v) is 5.65. The summed E-state index contributed by atoms with van der Waals surface area (Å²) in [6, 6.07) is 10.2. The number of benzene rings is 2. The predicted molar refractivity (Wildman–Crippen MR) is 83.1 cm³/mol. The van der Waals surface area contributed by atoms with Gasteiger partial charge in [-0.3, -0.25) is 0 Å². The highest BCUT2D eigenvalue weighted by Crippen LogP contribution is 2.28. The van der Waals surface area contributed by atoms with Gasteiger partial charge in [0.2, 0.25) is 0 Å². The zero-order valence-corrected chi connectivity index (χ0v) is 12.4. The second-order valence-electron chi connectivity index (χ2n) is 4.80. The van der Waals surface area contributed by atoms with Crippen molar-refractivity contribution in [1.82, 2.24) is 9.97 Å². The van der Waals surface area contributed by atoms with Crippen LogP contribution in [0.15, 0.2) is 34.8 Å². The van der Waals surface area contributed by atoms with Gasteiger partial charge in [-0.15, -0.1) is 0 Å². The Labute approximate surface area is 120 Å². The average molecular weight is 316 g/mol. The Hall–Kier alpha value is -1.81. The van der Waals surface area contributed by atoms with Crippen molar-refractivity contribution in [3.05, 3.63) is 45.9 Å². The standard InChI is InChI=1S/C15H14BrN3/c1-8-5-11(16)14-13(6-8)18-15(19-14)10-4-3-9(2)12(17)7-10/h3-7H,17H2,1-2H3,(H,18,19). The molecule has 96 valence electrons. The van der Waals surface area contributed by atoms with Crippen LogP contribution >= 0.6 is 15.9 Å². The predicted octanol–water partition coefficient (Wildman–Crippen LogP) is 4.19. The molecular weight excluding hydrogens is 302 g/mol. The molecule has 3 nitrogen and oxygen atoms in total. The minimum absolute atomic E-state index is 0.785. The van der Waals surface area contributed by atoms with Gasteiger partial charge in [0, 0.05) is 15.7 Å². The van der Waals surface area contributed by atoms with E-state index in [2.05, 4.69) is 45.0 Å². The van der Waals surface area contributed by atoms with E-state index in [1.165, 1.54) is 5.56 Å². The second kappa shape index (κ2) is 4.38. The van der Waals surface area contributed by atoms with Gasteiger partial charge in [-0.2, -0.15) is 0 Å². The van der Waals surface area contributed by atoms with Gasteiger partial charge < -0.3 is 10.7 Å². The van der Waals surface area contributed by atoms with Gasteiger partial charge in [-0.25, -0.2) is 4.98 Å². The van der Waals surface area contributed by atoms with Gasteiger partial charge in [-0.05, 0) is 59.1 Å². The maximum atomic E-state index is 5.96. The van der Waals surface area contributed by atoms with Crippen LogP contribution in [0.5, 0.6) is 0 Å². The van der Waals surface area contributed by atoms with Crippen molar-refractivity contribution >= 4 is 32.7 Å². The fourth-order valence-electron chi connectivity index (χ4n) is 2.14. The number of halogens is 1. The smallest absolute Gasteiger partial charge is 0.138 e. The number of aromatic amines is 1. The molecule has 3 N–H and O–H groups in total. The quantitative estimate of drug-likeness (QED) is 0.661. The van der Waals surface area contributed by atoms with Gasteiger partial charge >= 0.3 is 0 Å². The molecule has 0 saturated heterocycles. The molecule has 0 spiro atoms. The van der Waals surface area contributed by atoms with Gasteiger partial charge in [-0.1, -0.05) is 12.1 Å². The number of nitrogens with zero attached hydrogens (tertiary/aromatic N) is 1. The highest BCUT2D eigenvalue weighted by atomic mass is 79.9. The Morgan fingerprint density at radius 1 is 1.16 bits per heavy atom. The zero-order chi connectivity index (χ0) is 13.6. The van der Waals surface area contributed by atoms with Crippen molar-refractivity contribution in [2.24, 2.45) is 0 Å². The molecule has 0 fully saturated rings. The largest absolute Gasteiger partial charge is 0.398 e. The first-order valence-corrected chi connectivity index (χ1v) is 6.86. The Bertz CT molecular complexity index is 774. The lowest BCUT2D eigenvalue weighted by Gasteiger charge is -2.01. The molecule has 19 heavy (non-hydrogen) atoms. The van der Waals surface area contributed by atoms with Crippen LogP contribution in [-0.2, 0) is 0 Å². The van der Waals surface area contributed by atoms with Crippen molar-refractivity contribution in [3.8, 4) is 11.4 Å². The molecule has 1 heterocycles. The summed E-state index contributed by atoms with van der Waals surface area (Å²) in [5.41, 5.74) is 12.0. The highest BCUT2D eigenvalue weighted by molar-refractivity contribution is 9.10. The van der Waals surface area contributed by atoms with Crippen LogP contribution in [0.1, 0.15) is 11.1 Å². The van der Waals surface area contributed by atoms with Crippen molar-refractivity contribution in [2.75, 3.05) is 5.73 Å². The highest BCUT2D eigenvalue weighted by Gasteiger charge is 2.09. The number of H-pyrrole nitrogens is 1. The molecule has 0 aliphatic carbocycles. The summed E-state index contributed by atoms with van der Waals surface area (Å²) in [7, 11) is 0. The summed E-state index contributed by atoms with van der Waals surface area (Å²) in [4.78, 5) is 7.98.